The first-order valence-corrected chi connectivity index (χ1v) is 5.76. The Morgan fingerprint density at radius 1 is 1.53 bits per heavy atom. The number of carbonyl (C=O) groups is 1. The fraction of sp³-hybridized carbons (Fsp3) is 0.750. The van der Waals surface area contributed by atoms with Gasteiger partial charge in [-0.05, 0) is 45.8 Å². The second kappa shape index (κ2) is 6.62. The molecule has 3 heteroatoms. The molecule has 1 rings (SSSR count). The highest BCUT2D eigenvalue weighted by Crippen LogP contribution is 2.19. The highest BCUT2D eigenvalue weighted by molar-refractivity contribution is 5.76. The molecule has 15 heavy (non-hydrogen) atoms. The van der Waals surface area contributed by atoms with Crippen LogP contribution in [0.15, 0.2) is 12.2 Å². The topological polar surface area (TPSA) is 32.3 Å². The van der Waals surface area contributed by atoms with E-state index in [9.17, 15) is 4.79 Å². The van der Waals surface area contributed by atoms with Crippen molar-refractivity contribution in [2.24, 2.45) is 5.92 Å². The van der Waals surface area contributed by atoms with Crippen molar-refractivity contribution in [3.8, 4) is 0 Å². The van der Waals surface area contributed by atoms with Crippen LogP contribution in [0.4, 0.5) is 0 Å². The monoisotopic (exact) mass is 210 g/mol. The number of amides is 1. The van der Waals surface area contributed by atoms with Crippen LogP contribution in [0.5, 0.6) is 0 Å². The average molecular weight is 210 g/mol. The normalized spacial score (nSPS) is 19.8. The van der Waals surface area contributed by atoms with Crippen LogP contribution in [-0.2, 0) is 4.79 Å². The summed E-state index contributed by atoms with van der Waals surface area (Å²) in [6, 6.07) is 0. The van der Waals surface area contributed by atoms with Gasteiger partial charge in [0.15, 0.2) is 0 Å². The molecule has 1 aliphatic carbocycles. The zero-order valence-corrected chi connectivity index (χ0v) is 9.83. The van der Waals surface area contributed by atoms with Gasteiger partial charge in [0.1, 0.15) is 0 Å². The molecule has 0 heterocycles. The summed E-state index contributed by atoms with van der Waals surface area (Å²) >= 11 is 0. The van der Waals surface area contributed by atoms with Gasteiger partial charge in [0, 0.05) is 13.0 Å². The highest BCUT2D eigenvalue weighted by atomic mass is 16.1. The minimum absolute atomic E-state index is 0.199. The zero-order chi connectivity index (χ0) is 11.1. The predicted molar refractivity (Wildman–Crippen MR) is 62.7 cm³/mol. The molecule has 3 nitrogen and oxygen atoms in total. The van der Waals surface area contributed by atoms with E-state index in [1.165, 1.54) is 0 Å². The van der Waals surface area contributed by atoms with Gasteiger partial charge in [-0.25, -0.2) is 0 Å². The zero-order valence-electron chi connectivity index (χ0n) is 9.83. The minimum atomic E-state index is 0.199. The largest absolute Gasteiger partial charge is 0.356 e. The second-order valence-electron chi connectivity index (χ2n) is 4.48. The maximum atomic E-state index is 11.5. The molecule has 0 spiro atoms. The van der Waals surface area contributed by atoms with E-state index in [4.69, 9.17) is 0 Å². The summed E-state index contributed by atoms with van der Waals surface area (Å²) in [5.41, 5.74) is 0. The van der Waals surface area contributed by atoms with Gasteiger partial charge in [-0.3, -0.25) is 4.79 Å². The summed E-state index contributed by atoms with van der Waals surface area (Å²) in [4.78, 5) is 13.6. The van der Waals surface area contributed by atoms with Crippen LogP contribution in [0.25, 0.3) is 0 Å². The third-order valence-corrected chi connectivity index (χ3v) is 2.66. The number of nitrogens with zero attached hydrogens (tertiary/aromatic N) is 1. The van der Waals surface area contributed by atoms with Crippen molar-refractivity contribution < 1.29 is 4.79 Å². The number of carbonyl (C=O) groups excluding carboxylic acids is 1. The van der Waals surface area contributed by atoms with Gasteiger partial charge >= 0.3 is 0 Å². The summed E-state index contributed by atoms with van der Waals surface area (Å²) in [5.74, 6) is 0.684. The molecule has 0 aromatic carbocycles. The van der Waals surface area contributed by atoms with Crippen molar-refractivity contribution in [2.75, 3.05) is 27.2 Å². The molecule has 1 unspecified atom stereocenters. The first-order valence-electron chi connectivity index (χ1n) is 5.76. The molecule has 0 saturated carbocycles. The summed E-state index contributed by atoms with van der Waals surface area (Å²) < 4.78 is 0. The molecule has 1 aliphatic rings. The van der Waals surface area contributed by atoms with Crippen LogP contribution in [0.1, 0.15) is 25.7 Å². The molecule has 86 valence electrons. The molecule has 0 radical (unpaired) electrons. The summed E-state index contributed by atoms with van der Waals surface area (Å²) in [5, 5.41) is 2.97. The van der Waals surface area contributed by atoms with Gasteiger partial charge < -0.3 is 10.2 Å². The number of rotatable bonds is 6. The van der Waals surface area contributed by atoms with E-state index in [1.807, 2.05) is 14.1 Å². The van der Waals surface area contributed by atoms with Gasteiger partial charge in [-0.15, -0.1) is 0 Å². The van der Waals surface area contributed by atoms with Gasteiger partial charge in [-0.2, -0.15) is 0 Å². The lowest BCUT2D eigenvalue weighted by Gasteiger charge is -2.11. The molecule has 0 fully saturated rings. The van der Waals surface area contributed by atoms with Crippen LogP contribution in [0.2, 0.25) is 0 Å². The Balaban J connectivity index is 2.00. The summed E-state index contributed by atoms with van der Waals surface area (Å²) in [6.07, 6.45) is 8.31. The molecule has 0 bridgehead atoms. The fourth-order valence-corrected chi connectivity index (χ4v) is 1.80. The summed E-state index contributed by atoms with van der Waals surface area (Å²) in [7, 11) is 4.09. The number of hydrogen-bond acceptors (Lipinski definition) is 2. The van der Waals surface area contributed by atoms with Crippen LogP contribution in [-0.4, -0.2) is 38.0 Å². The van der Waals surface area contributed by atoms with E-state index in [1.54, 1.807) is 0 Å². The smallest absolute Gasteiger partial charge is 0.220 e. The van der Waals surface area contributed by atoms with Crippen molar-refractivity contribution in [3.63, 3.8) is 0 Å². The lowest BCUT2D eigenvalue weighted by atomic mass is 10.1. The van der Waals surface area contributed by atoms with Gasteiger partial charge in [0.25, 0.3) is 0 Å². The van der Waals surface area contributed by atoms with E-state index in [0.717, 1.165) is 32.4 Å². The lowest BCUT2D eigenvalue weighted by molar-refractivity contribution is -0.121. The summed E-state index contributed by atoms with van der Waals surface area (Å²) in [6.45, 7) is 1.83. The van der Waals surface area contributed by atoms with Gasteiger partial charge in [0.2, 0.25) is 5.91 Å². The molecular formula is C12H22N2O. The molecule has 0 aromatic heterocycles. The number of nitrogens with one attached hydrogen (secondary N) is 1. The molecule has 1 N–H and O–H groups in total. The highest BCUT2D eigenvalue weighted by Gasteiger charge is 2.13. The molecule has 0 aliphatic heterocycles. The third-order valence-electron chi connectivity index (χ3n) is 2.66. The van der Waals surface area contributed by atoms with E-state index in [0.29, 0.717) is 12.3 Å². The Morgan fingerprint density at radius 2 is 2.33 bits per heavy atom. The standard InChI is InChI=1S/C12H22N2O/c1-14(2)9-5-8-13-12(15)10-11-6-3-4-7-11/h3,6,11H,4-5,7-10H2,1-2H3,(H,13,15). The van der Waals surface area contributed by atoms with E-state index < -0.39 is 0 Å². The Labute approximate surface area is 92.5 Å². The Morgan fingerprint density at radius 3 is 2.93 bits per heavy atom. The Hall–Kier alpha value is -0.830. The van der Waals surface area contributed by atoms with Crippen LogP contribution in [0.3, 0.4) is 0 Å². The first kappa shape index (κ1) is 12.2. The van der Waals surface area contributed by atoms with E-state index in [2.05, 4.69) is 22.4 Å². The van der Waals surface area contributed by atoms with Crippen molar-refractivity contribution >= 4 is 5.91 Å². The molecule has 0 saturated heterocycles. The quantitative estimate of drug-likeness (QED) is 0.531. The van der Waals surface area contributed by atoms with Gasteiger partial charge in [0.05, 0.1) is 0 Å². The van der Waals surface area contributed by atoms with Crippen LogP contribution in [0, 0.1) is 5.92 Å². The minimum Gasteiger partial charge on any atom is -0.356 e. The Kier molecular flexibility index (Phi) is 5.40. The Bertz CT molecular complexity index is 224. The van der Waals surface area contributed by atoms with E-state index in [-0.39, 0.29) is 5.91 Å². The molecule has 0 aromatic rings. The molecular weight excluding hydrogens is 188 g/mol. The van der Waals surface area contributed by atoms with Crippen molar-refractivity contribution in [1.82, 2.24) is 10.2 Å². The molecule has 1 atom stereocenters. The average Bonchev–Trinajstić information content (AvgIpc) is 2.64. The van der Waals surface area contributed by atoms with Gasteiger partial charge in [-0.1, -0.05) is 12.2 Å². The second-order valence-corrected chi connectivity index (χ2v) is 4.48. The predicted octanol–water partition coefficient (Wildman–Crippen LogP) is 1.41. The maximum absolute atomic E-state index is 11.5. The molecule has 1 amide bonds. The van der Waals surface area contributed by atoms with Crippen molar-refractivity contribution in [2.45, 2.75) is 25.7 Å². The van der Waals surface area contributed by atoms with Crippen molar-refractivity contribution in [1.29, 1.82) is 0 Å². The van der Waals surface area contributed by atoms with Crippen molar-refractivity contribution in [3.05, 3.63) is 12.2 Å². The number of allylic oxidation sites excluding steroid dienone is 2. The fourth-order valence-electron chi connectivity index (χ4n) is 1.80. The lowest BCUT2D eigenvalue weighted by Crippen LogP contribution is -2.28. The first-order chi connectivity index (χ1) is 7.18. The third kappa shape index (κ3) is 5.57. The van der Waals surface area contributed by atoms with E-state index >= 15 is 0 Å². The maximum Gasteiger partial charge on any atom is 0.220 e. The van der Waals surface area contributed by atoms with Crippen LogP contribution < -0.4 is 5.32 Å². The van der Waals surface area contributed by atoms with Crippen LogP contribution >= 0.6 is 0 Å². The SMILES string of the molecule is CN(C)CCCNC(=O)CC1C=CCC1. The number of hydrogen-bond donors (Lipinski definition) is 1.